The van der Waals surface area contributed by atoms with E-state index >= 15 is 0 Å². The van der Waals surface area contributed by atoms with E-state index in [0.717, 1.165) is 25.0 Å². The van der Waals surface area contributed by atoms with Gasteiger partial charge in [0, 0.05) is 18.2 Å². The lowest BCUT2D eigenvalue weighted by Gasteiger charge is -2.20. The zero-order valence-electron chi connectivity index (χ0n) is 10.8. The van der Waals surface area contributed by atoms with Crippen LogP contribution < -0.4 is 0 Å². The first-order valence-electron chi connectivity index (χ1n) is 6.23. The Morgan fingerprint density at radius 3 is 2.80 bits per heavy atom. The number of nitrogens with zero attached hydrogens (tertiary/aromatic N) is 2. The Morgan fingerprint density at radius 1 is 1.55 bits per heavy atom. The van der Waals surface area contributed by atoms with Gasteiger partial charge in [0.15, 0.2) is 5.75 Å². The highest BCUT2D eigenvalue weighted by Gasteiger charge is 2.27. The third kappa shape index (κ3) is 3.06. The molecule has 6 heteroatoms. The molecule has 0 atom stereocenters. The maximum Gasteiger partial charge on any atom is 0.311 e. The van der Waals surface area contributed by atoms with E-state index in [2.05, 4.69) is 5.92 Å². The predicted octanol–water partition coefficient (Wildman–Crippen LogP) is 1.79. The minimum absolute atomic E-state index is 0.158. The average molecular weight is 274 g/mol. The van der Waals surface area contributed by atoms with Crippen LogP contribution in [0.5, 0.6) is 5.75 Å². The molecule has 1 aliphatic rings. The first-order valence-corrected chi connectivity index (χ1v) is 6.23. The number of carbonyl (C=O) groups excluding carboxylic acids is 1. The van der Waals surface area contributed by atoms with Crippen LogP contribution in [0.15, 0.2) is 18.2 Å². The Labute approximate surface area is 116 Å². The molecule has 0 aromatic heterocycles. The molecule has 0 aliphatic heterocycles. The van der Waals surface area contributed by atoms with Crippen molar-refractivity contribution in [3.63, 3.8) is 0 Å². The maximum absolute atomic E-state index is 12.3. The minimum Gasteiger partial charge on any atom is -0.502 e. The van der Waals surface area contributed by atoms with Gasteiger partial charge in [-0.15, -0.1) is 6.42 Å². The van der Waals surface area contributed by atoms with Crippen molar-refractivity contribution in [2.45, 2.75) is 12.8 Å². The first kappa shape index (κ1) is 13.9. The molecule has 1 aromatic carbocycles. The summed E-state index contributed by atoms with van der Waals surface area (Å²) in [5, 5.41) is 20.2. The molecule has 0 spiro atoms. The van der Waals surface area contributed by atoms with Crippen LogP contribution in [0.2, 0.25) is 0 Å². The number of hydrogen-bond donors (Lipinski definition) is 1. The monoisotopic (exact) mass is 274 g/mol. The van der Waals surface area contributed by atoms with Crippen molar-refractivity contribution >= 4 is 11.6 Å². The molecule has 0 bridgehead atoms. The number of phenolic OH excluding ortho intramolecular Hbond substituents is 1. The fraction of sp³-hybridized carbons (Fsp3) is 0.357. The van der Waals surface area contributed by atoms with Crippen molar-refractivity contribution < 1.29 is 14.8 Å². The Morgan fingerprint density at radius 2 is 2.25 bits per heavy atom. The molecule has 0 heterocycles. The third-order valence-corrected chi connectivity index (χ3v) is 3.16. The number of phenols is 1. The number of nitro groups is 1. The number of aromatic hydroxyl groups is 1. The minimum atomic E-state index is -0.724. The largest absolute Gasteiger partial charge is 0.502 e. The van der Waals surface area contributed by atoms with E-state index in [-0.39, 0.29) is 18.0 Å². The number of carbonyl (C=O) groups is 1. The second-order valence-electron chi connectivity index (χ2n) is 4.79. The van der Waals surface area contributed by atoms with Crippen molar-refractivity contribution in [2.24, 2.45) is 5.92 Å². The van der Waals surface area contributed by atoms with Gasteiger partial charge < -0.3 is 10.0 Å². The molecule has 104 valence electrons. The zero-order valence-corrected chi connectivity index (χ0v) is 10.8. The van der Waals surface area contributed by atoms with Gasteiger partial charge in [0.1, 0.15) is 0 Å². The van der Waals surface area contributed by atoms with Gasteiger partial charge in [0.05, 0.1) is 11.5 Å². The summed E-state index contributed by atoms with van der Waals surface area (Å²) < 4.78 is 0. The van der Waals surface area contributed by atoms with E-state index in [1.165, 1.54) is 11.0 Å². The summed E-state index contributed by atoms with van der Waals surface area (Å²) in [5.41, 5.74) is -0.326. The van der Waals surface area contributed by atoms with Gasteiger partial charge in [0.2, 0.25) is 0 Å². The van der Waals surface area contributed by atoms with Crippen LogP contribution in [-0.2, 0) is 0 Å². The fourth-order valence-corrected chi connectivity index (χ4v) is 1.93. The summed E-state index contributed by atoms with van der Waals surface area (Å²) in [4.78, 5) is 23.9. The third-order valence-electron chi connectivity index (χ3n) is 3.16. The molecule has 1 aliphatic carbocycles. The summed E-state index contributed by atoms with van der Waals surface area (Å²) in [7, 11) is 0. The van der Waals surface area contributed by atoms with E-state index < -0.39 is 16.4 Å². The molecule has 1 saturated carbocycles. The molecule has 1 amide bonds. The summed E-state index contributed by atoms with van der Waals surface area (Å²) in [6.07, 6.45) is 7.40. The standard InChI is InChI=1S/C14H14N2O4/c1-2-7-15(9-10-3-4-10)14(18)11-5-6-13(17)12(8-11)16(19)20/h1,5-6,8,10,17H,3-4,7,9H2. The van der Waals surface area contributed by atoms with Crippen molar-refractivity contribution in [1.29, 1.82) is 0 Å². The summed E-state index contributed by atoms with van der Waals surface area (Å²) >= 11 is 0. The number of amides is 1. The number of rotatable bonds is 5. The number of hydrogen-bond acceptors (Lipinski definition) is 4. The lowest BCUT2D eigenvalue weighted by atomic mass is 10.1. The van der Waals surface area contributed by atoms with E-state index in [0.29, 0.717) is 12.5 Å². The van der Waals surface area contributed by atoms with E-state index in [1.807, 2.05) is 0 Å². The van der Waals surface area contributed by atoms with Crippen LogP contribution in [0.1, 0.15) is 23.2 Å². The van der Waals surface area contributed by atoms with E-state index in [4.69, 9.17) is 6.42 Å². The van der Waals surface area contributed by atoms with Crippen molar-refractivity contribution in [2.75, 3.05) is 13.1 Å². The number of terminal acetylenes is 1. The second-order valence-corrected chi connectivity index (χ2v) is 4.79. The molecule has 0 radical (unpaired) electrons. The van der Waals surface area contributed by atoms with Gasteiger partial charge in [0.25, 0.3) is 5.91 Å². The summed E-state index contributed by atoms with van der Waals surface area (Å²) in [5.74, 6) is 2.08. The Balaban J connectivity index is 2.24. The molecule has 0 unspecified atom stereocenters. The van der Waals surface area contributed by atoms with Gasteiger partial charge >= 0.3 is 5.69 Å². The molecule has 1 N–H and O–H groups in total. The van der Waals surface area contributed by atoms with Crippen LogP contribution >= 0.6 is 0 Å². The first-order chi connectivity index (χ1) is 9.52. The highest BCUT2D eigenvalue weighted by Crippen LogP contribution is 2.31. The molecule has 1 fully saturated rings. The van der Waals surface area contributed by atoms with E-state index in [1.54, 1.807) is 0 Å². The quantitative estimate of drug-likeness (QED) is 0.504. The molecule has 20 heavy (non-hydrogen) atoms. The molecule has 0 saturated heterocycles. The molecule has 2 rings (SSSR count). The molecule has 6 nitrogen and oxygen atoms in total. The smallest absolute Gasteiger partial charge is 0.311 e. The highest BCUT2D eigenvalue weighted by molar-refractivity contribution is 5.95. The average Bonchev–Trinajstić information content (AvgIpc) is 3.21. The summed E-state index contributed by atoms with van der Waals surface area (Å²) in [6, 6.07) is 3.59. The van der Waals surface area contributed by atoms with Crippen molar-refractivity contribution in [3.8, 4) is 18.1 Å². The van der Waals surface area contributed by atoms with Gasteiger partial charge in [-0.25, -0.2) is 0 Å². The lowest BCUT2D eigenvalue weighted by molar-refractivity contribution is -0.385. The summed E-state index contributed by atoms with van der Waals surface area (Å²) in [6.45, 7) is 0.738. The zero-order chi connectivity index (χ0) is 14.7. The Hall–Kier alpha value is -2.55. The Kier molecular flexibility index (Phi) is 3.89. The molecular formula is C14H14N2O4. The Bertz CT molecular complexity index is 587. The van der Waals surface area contributed by atoms with Crippen LogP contribution in [0.25, 0.3) is 0 Å². The topological polar surface area (TPSA) is 83.7 Å². The number of nitro benzene ring substituents is 1. The van der Waals surface area contributed by atoms with Gasteiger partial charge in [-0.3, -0.25) is 14.9 Å². The van der Waals surface area contributed by atoms with Crippen LogP contribution in [0, 0.1) is 28.4 Å². The van der Waals surface area contributed by atoms with Gasteiger partial charge in [-0.1, -0.05) is 5.92 Å². The normalized spacial score (nSPS) is 13.6. The molecular weight excluding hydrogens is 260 g/mol. The van der Waals surface area contributed by atoms with Gasteiger partial charge in [-0.05, 0) is 30.9 Å². The van der Waals surface area contributed by atoms with Crippen LogP contribution in [0.3, 0.4) is 0 Å². The second kappa shape index (κ2) is 5.61. The highest BCUT2D eigenvalue weighted by atomic mass is 16.6. The van der Waals surface area contributed by atoms with E-state index in [9.17, 15) is 20.0 Å². The lowest BCUT2D eigenvalue weighted by Crippen LogP contribution is -2.33. The molecule has 1 aromatic rings. The van der Waals surface area contributed by atoms with Gasteiger partial charge in [-0.2, -0.15) is 0 Å². The van der Waals surface area contributed by atoms with Crippen LogP contribution in [0.4, 0.5) is 5.69 Å². The fourth-order valence-electron chi connectivity index (χ4n) is 1.93. The van der Waals surface area contributed by atoms with Crippen LogP contribution in [-0.4, -0.2) is 33.9 Å². The van der Waals surface area contributed by atoms with Crippen molar-refractivity contribution in [1.82, 2.24) is 4.90 Å². The predicted molar refractivity (Wildman–Crippen MR) is 72.2 cm³/mol. The number of benzene rings is 1. The SMILES string of the molecule is C#CCN(CC1CC1)C(=O)c1ccc(O)c([N+](=O)[O-])c1. The maximum atomic E-state index is 12.3. The van der Waals surface area contributed by atoms with Crippen molar-refractivity contribution in [3.05, 3.63) is 33.9 Å².